The first-order chi connectivity index (χ1) is 9.52. The first kappa shape index (κ1) is 14.4. The minimum atomic E-state index is -1.02. The number of hydrogen-bond donors (Lipinski definition) is 2. The molecule has 1 aliphatic carbocycles. The standard InChI is InChI=1S/C15H20N2O3/c1-2-17(14(18)8-10-4-3-5-10)13-7-6-11(15(19)20)9-12(13)16/h6-7,9-10H,2-5,8,16H2,1H3,(H,19,20). The van der Waals surface area contributed by atoms with Crippen LogP contribution in [0.3, 0.4) is 0 Å². The molecule has 1 fully saturated rings. The minimum absolute atomic E-state index is 0.0620. The normalized spacial score (nSPS) is 14.7. The highest BCUT2D eigenvalue weighted by molar-refractivity contribution is 5.98. The average Bonchev–Trinajstić information content (AvgIpc) is 2.36. The lowest BCUT2D eigenvalue weighted by Crippen LogP contribution is -2.33. The number of nitrogens with zero attached hydrogens (tertiary/aromatic N) is 1. The Hall–Kier alpha value is -2.04. The lowest BCUT2D eigenvalue weighted by Gasteiger charge is -2.29. The fraction of sp³-hybridized carbons (Fsp3) is 0.467. The van der Waals surface area contributed by atoms with Crippen LogP contribution in [0.2, 0.25) is 0 Å². The molecule has 1 saturated carbocycles. The Kier molecular flexibility index (Phi) is 4.27. The van der Waals surface area contributed by atoms with E-state index in [2.05, 4.69) is 0 Å². The van der Waals surface area contributed by atoms with Gasteiger partial charge in [-0.2, -0.15) is 0 Å². The number of anilines is 2. The molecular weight excluding hydrogens is 256 g/mol. The van der Waals surface area contributed by atoms with Gasteiger partial charge in [0.25, 0.3) is 0 Å². The van der Waals surface area contributed by atoms with Crippen LogP contribution < -0.4 is 10.6 Å². The maximum Gasteiger partial charge on any atom is 0.335 e. The van der Waals surface area contributed by atoms with Crippen LogP contribution >= 0.6 is 0 Å². The van der Waals surface area contributed by atoms with Crippen molar-refractivity contribution in [3.8, 4) is 0 Å². The van der Waals surface area contributed by atoms with Crippen molar-refractivity contribution >= 4 is 23.3 Å². The predicted octanol–water partition coefficient (Wildman–Crippen LogP) is 2.51. The molecule has 0 bridgehead atoms. The molecule has 0 saturated heterocycles. The fourth-order valence-electron chi connectivity index (χ4n) is 2.47. The van der Waals surface area contributed by atoms with Crippen molar-refractivity contribution in [1.82, 2.24) is 0 Å². The third-order valence-corrected chi connectivity index (χ3v) is 3.87. The summed E-state index contributed by atoms with van der Waals surface area (Å²) in [6.45, 7) is 2.42. The van der Waals surface area contributed by atoms with E-state index in [0.29, 0.717) is 30.3 Å². The molecule has 0 spiro atoms. The number of carbonyl (C=O) groups is 2. The van der Waals surface area contributed by atoms with E-state index in [9.17, 15) is 9.59 Å². The van der Waals surface area contributed by atoms with E-state index in [-0.39, 0.29) is 11.5 Å². The maximum atomic E-state index is 12.3. The third kappa shape index (κ3) is 2.92. The second-order valence-corrected chi connectivity index (χ2v) is 5.22. The Labute approximate surface area is 118 Å². The van der Waals surface area contributed by atoms with Crippen molar-refractivity contribution in [2.75, 3.05) is 17.2 Å². The highest BCUT2D eigenvalue weighted by atomic mass is 16.4. The first-order valence-electron chi connectivity index (χ1n) is 6.96. The maximum absolute atomic E-state index is 12.3. The second-order valence-electron chi connectivity index (χ2n) is 5.22. The van der Waals surface area contributed by atoms with Gasteiger partial charge >= 0.3 is 5.97 Å². The number of aromatic carboxylic acids is 1. The van der Waals surface area contributed by atoms with E-state index < -0.39 is 5.97 Å². The van der Waals surface area contributed by atoms with E-state index >= 15 is 0 Å². The summed E-state index contributed by atoms with van der Waals surface area (Å²) >= 11 is 0. The number of rotatable bonds is 5. The van der Waals surface area contributed by atoms with Crippen molar-refractivity contribution in [3.05, 3.63) is 23.8 Å². The summed E-state index contributed by atoms with van der Waals surface area (Å²) in [5, 5.41) is 8.93. The number of carbonyl (C=O) groups excluding carboxylic acids is 1. The molecule has 20 heavy (non-hydrogen) atoms. The molecule has 0 aromatic heterocycles. The zero-order chi connectivity index (χ0) is 14.7. The van der Waals surface area contributed by atoms with Gasteiger partial charge in [0, 0.05) is 13.0 Å². The molecule has 1 amide bonds. The molecular formula is C15H20N2O3. The summed E-state index contributed by atoms with van der Waals surface area (Å²) in [5.74, 6) is -0.463. The van der Waals surface area contributed by atoms with Gasteiger partial charge in [0.2, 0.25) is 5.91 Å². The smallest absolute Gasteiger partial charge is 0.335 e. The Morgan fingerprint density at radius 1 is 1.40 bits per heavy atom. The highest BCUT2D eigenvalue weighted by Gasteiger charge is 2.24. The van der Waals surface area contributed by atoms with E-state index in [0.717, 1.165) is 12.8 Å². The van der Waals surface area contributed by atoms with E-state index in [1.54, 1.807) is 11.0 Å². The summed E-state index contributed by atoms with van der Waals surface area (Å²) in [7, 11) is 0. The summed E-state index contributed by atoms with van der Waals surface area (Å²) < 4.78 is 0. The predicted molar refractivity (Wildman–Crippen MR) is 77.8 cm³/mol. The van der Waals surface area contributed by atoms with E-state index in [4.69, 9.17) is 10.8 Å². The second kappa shape index (κ2) is 5.94. The number of nitrogen functional groups attached to an aromatic ring is 1. The number of benzene rings is 1. The zero-order valence-electron chi connectivity index (χ0n) is 11.6. The van der Waals surface area contributed by atoms with Gasteiger partial charge in [0.1, 0.15) is 0 Å². The number of carboxylic acids is 1. The molecule has 3 N–H and O–H groups in total. The van der Waals surface area contributed by atoms with Gasteiger partial charge in [0.05, 0.1) is 16.9 Å². The molecule has 1 aromatic rings. The topological polar surface area (TPSA) is 83.6 Å². The van der Waals surface area contributed by atoms with E-state index in [1.165, 1.54) is 18.6 Å². The molecule has 2 rings (SSSR count). The van der Waals surface area contributed by atoms with Gasteiger partial charge in [-0.25, -0.2) is 4.79 Å². The molecule has 1 aliphatic rings. The molecule has 0 unspecified atom stereocenters. The molecule has 5 heteroatoms. The molecule has 0 heterocycles. The first-order valence-corrected chi connectivity index (χ1v) is 6.96. The molecule has 108 valence electrons. The van der Waals surface area contributed by atoms with Crippen LogP contribution in [0.4, 0.5) is 11.4 Å². The Morgan fingerprint density at radius 2 is 2.10 bits per heavy atom. The van der Waals surface area contributed by atoms with Crippen LogP contribution in [0.5, 0.6) is 0 Å². The number of amides is 1. The van der Waals surface area contributed by atoms with Gasteiger partial charge in [0.15, 0.2) is 0 Å². The van der Waals surface area contributed by atoms with Gasteiger partial charge in [-0.15, -0.1) is 0 Å². The van der Waals surface area contributed by atoms with Gasteiger partial charge in [-0.05, 0) is 43.9 Å². The number of nitrogens with two attached hydrogens (primary N) is 1. The SMILES string of the molecule is CCN(C(=O)CC1CCC1)c1ccc(C(=O)O)cc1N. The summed E-state index contributed by atoms with van der Waals surface area (Å²) in [6, 6.07) is 4.49. The molecule has 0 radical (unpaired) electrons. The van der Waals surface area contributed by atoms with Gasteiger partial charge in [-0.3, -0.25) is 4.79 Å². The minimum Gasteiger partial charge on any atom is -0.478 e. The molecule has 5 nitrogen and oxygen atoms in total. The Morgan fingerprint density at radius 3 is 2.55 bits per heavy atom. The van der Waals surface area contributed by atoms with Crippen LogP contribution in [-0.4, -0.2) is 23.5 Å². The fourth-order valence-corrected chi connectivity index (χ4v) is 2.47. The lowest BCUT2D eigenvalue weighted by atomic mass is 9.82. The number of carboxylic acid groups (broad SMARTS) is 1. The molecule has 0 aliphatic heterocycles. The van der Waals surface area contributed by atoms with Gasteiger partial charge < -0.3 is 15.7 Å². The summed E-state index contributed by atoms with van der Waals surface area (Å²) in [6.07, 6.45) is 4.00. The van der Waals surface area contributed by atoms with Crippen molar-refractivity contribution in [2.24, 2.45) is 5.92 Å². The lowest BCUT2D eigenvalue weighted by molar-refractivity contribution is -0.120. The van der Waals surface area contributed by atoms with Crippen LogP contribution in [0.15, 0.2) is 18.2 Å². The molecule has 0 atom stereocenters. The Bertz CT molecular complexity index is 524. The summed E-state index contributed by atoms with van der Waals surface area (Å²) in [4.78, 5) is 24.8. The van der Waals surface area contributed by atoms with Crippen LogP contribution in [0.25, 0.3) is 0 Å². The monoisotopic (exact) mass is 276 g/mol. The average molecular weight is 276 g/mol. The van der Waals surface area contributed by atoms with Crippen LogP contribution in [-0.2, 0) is 4.79 Å². The highest BCUT2D eigenvalue weighted by Crippen LogP contribution is 2.32. The third-order valence-electron chi connectivity index (χ3n) is 3.87. The van der Waals surface area contributed by atoms with Crippen LogP contribution in [0.1, 0.15) is 43.0 Å². The van der Waals surface area contributed by atoms with E-state index in [1.807, 2.05) is 6.92 Å². The largest absolute Gasteiger partial charge is 0.478 e. The van der Waals surface area contributed by atoms with Crippen molar-refractivity contribution in [1.29, 1.82) is 0 Å². The van der Waals surface area contributed by atoms with Gasteiger partial charge in [-0.1, -0.05) is 6.42 Å². The van der Waals surface area contributed by atoms with Crippen molar-refractivity contribution < 1.29 is 14.7 Å². The Balaban J connectivity index is 2.17. The quantitative estimate of drug-likeness (QED) is 0.809. The number of hydrogen-bond acceptors (Lipinski definition) is 3. The van der Waals surface area contributed by atoms with Crippen molar-refractivity contribution in [2.45, 2.75) is 32.6 Å². The summed E-state index contributed by atoms with van der Waals surface area (Å²) in [5.41, 5.74) is 6.95. The van der Waals surface area contributed by atoms with Crippen LogP contribution in [0, 0.1) is 5.92 Å². The molecule has 1 aromatic carbocycles. The van der Waals surface area contributed by atoms with Crippen molar-refractivity contribution in [3.63, 3.8) is 0 Å². The zero-order valence-corrected chi connectivity index (χ0v) is 11.6.